The van der Waals surface area contributed by atoms with Gasteiger partial charge in [-0.05, 0) is 62.4 Å². The van der Waals surface area contributed by atoms with Gasteiger partial charge in [-0.1, -0.05) is 80.6 Å². The van der Waals surface area contributed by atoms with Crippen LogP contribution in [0.1, 0.15) is 72.5 Å². The maximum absolute atomic E-state index is 13.4. The van der Waals surface area contributed by atoms with E-state index in [9.17, 15) is 19.2 Å². The van der Waals surface area contributed by atoms with E-state index in [0.717, 1.165) is 11.1 Å². The Bertz CT molecular complexity index is 1380. The number of nitrogens with one attached hydrogen (secondary N) is 5. The van der Waals surface area contributed by atoms with Crippen LogP contribution in [0.25, 0.3) is 0 Å². The van der Waals surface area contributed by atoms with Crippen LogP contribution in [0.2, 0.25) is 0 Å². The van der Waals surface area contributed by atoms with Crippen LogP contribution >= 0.6 is 0 Å². The van der Waals surface area contributed by atoms with Gasteiger partial charge in [-0.3, -0.25) is 19.2 Å². The van der Waals surface area contributed by atoms with Gasteiger partial charge in [0, 0.05) is 30.3 Å². The molecule has 0 unspecified atom stereocenters. The molecule has 0 radical (unpaired) electrons. The molecule has 0 aliphatic carbocycles. The average molecular weight is 600 g/mol. The summed E-state index contributed by atoms with van der Waals surface area (Å²) in [5, 5.41) is 14.9. The molecule has 0 aliphatic heterocycles. The Morgan fingerprint density at radius 2 is 1.27 bits per heavy atom. The number of carbonyl (C=O) groups excluding carboxylic acids is 4. The first-order valence-corrected chi connectivity index (χ1v) is 15.2. The number of amides is 4. The molecule has 9 heteroatoms. The first-order valence-electron chi connectivity index (χ1n) is 15.2. The van der Waals surface area contributed by atoms with E-state index in [0.29, 0.717) is 30.6 Å². The topological polar surface area (TPSA) is 128 Å². The summed E-state index contributed by atoms with van der Waals surface area (Å²) in [5.74, 6) is -1.20. The van der Waals surface area contributed by atoms with E-state index in [4.69, 9.17) is 0 Å². The summed E-state index contributed by atoms with van der Waals surface area (Å²) in [5.41, 5.74) is 2.75. The molecule has 0 aliphatic rings. The van der Waals surface area contributed by atoms with Gasteiger partial charge in [0.2, 0.25) is 11.8 Å². The number of likely N-dealkylation sites (N-methyl/N-ethyl adjacent to an activating group) is 1. The Kier molecular flexibility index (Phi) is 13.1. The summed E-state index contributed by atoms with van der Waals surface area (Å²) >= 11 is 0. The average Bonchev–Trinajstić information content (AvgIpc) is 3.02. The fourth-order valence-corrected chi connectivity index (χ4v) is 4.76. The van der Waals surface area contributed by atoms with E-state index in [1.165, 1.54) is 0 Å². The predicted octanol–water partition coefficient (Wildman–Crippen LogP) is 3.77. The van der Waals surface area contributed by atoms with E-state index < -0.39 is 12.1 Å². The van der Waals surface area contributed by atoms with Crippen LogP contribution in [0, 0.1) is 5.92 Å². The third-order valence-electron chi connectivity index (χ3n) is 7.36. The van der Waals surface area contributed by atoms with Gasteiger partial charge < -0.3 is 26.6 Å². The number of benzene rings is 3. The number of hydrogen-bond acceptors (Lipinski definition) is 5. The quantitative estimate of drug-likeness (QED) is 0.182. The van der Waals surface area contributed by atoms with E-state index in [2.05, 4.69) is 26.6 Å². The lowest BCUT2D eigenvalue weighted by Gasteiger charge is -2.25. The highest BCUT2D eigenvalue weighted by atomic mass is 16.2. The van der Waals surface area contributed by atoms with Gasteiger partial charge in [0.25, 0.3) is 11.8 Å². The van der Waals surface area contributed by atoms with Crippen molar-refractivity contribution < 1.29 is 19.2 Å². The molecule has 0 spiro atoms. The molecule has 0 fully saturated rings. The zero-order valence-corrected chi connectivity index (χ0v) is 26.2. The highest BCUT2D eigenvalue weighted by Crippen LogP contribution is 2.14. The molecule has 0 saturated carbocycles. The van der Waals surface area contributed by atoms with E-state index in [1.54, 1.807) is 31.2 Å². The lowest BCUT2D eigenvalue weighted by Crippen LogP contribution is -2.55. The van der Waals surface area contributed by atoms with Gasteiger partial charge in [0.1, 0.15) is 6.04 Å². The van der Waals surface area contributed by atoms with E-state index in [1.807, 2.05) is 88.4 Å². The Morgan fingerprint density at radius 1 is 0.682 bits per heavy atom. The fourth-order valence-electron chi connectivity index (χ4n) is 4.76. The first kappa shape index (κ1) is 34.0. The zero-order valence-electron chi connectivity index (χ0n) is 26.2. The molecule has 3 aromatic rings. The highest BCUT2D eigenvalue weighted by molar-refractivity contribution is 6.00. The van der Waals surface area contributed by atoms with E-state index in [-0.39, 0.29) is 41.6 Å². The Labute approximate surface area is 260 Å². The maximum atomic E-state index is 13.4. The summed E-state index contributed by atoms with van der Waals surface area (Å²) in [6.07, 6.45) is 0.524. The molecule has 0 bridgehead atoms. The number of rotatable bonds is 15. The Balaban J connectivity index is 1.67. The summed E-state index contributed by atoms with van der Waals surface area (Å²) in [6.45, 7) is 10.0. The van der Waals surface area contributed by atoms with Crippen molar-refractivity contribution in [2.24, 2.45) is 5.92 Å². The molecular formula is C35H45N5O4. The summed E-state index contributed by atoms with van der Waals surface area (Å²) in [6, 6.07) is 24.2. The van der Waals surface area contributed by atoms with Crippen molar-refractivity contribution in [2.45, 2.75) is 65.2 Å². The molecule has 9 nitrogen and oxygen atoms in total. The van der Waals surface area contributed by atoms with Crippen molar-refractivity contribution in [3.05, 3.63) is 107 Å². The van der Waals surface area contributed by atoms with E-state index >= 15 is 0 Å². The third kappa shape index (κ3) is 10.3. The van der Waals surface area contributed by atoms with Crippen LogP contribution in [0.5, 0.6) is 0 Å². The summed E-state index contributed by atoms with van der Waals surface area (Å²) < 4.78 is 0. The SMILES string of the molecule is CCNC(=O)[C@@H](NC(=O)[C@H](C)NC[C@H](Cc1ccccc1)NC(=O)c1cccc(C(=O)N[C@H](C)c2ccccc2)c1)C(C)C. The van der Waals surface area contributed by atoms with Gasteiger partial charge in [-0.25, -0.2) is 0 Å². The molecule has 0 saturated heterocycles. The summed E-state index contributed by atoms with van der Waals surface area (Å²) in [4.78, 5) is 51.8. The molecule has 0 aromatic heterocycles. The predicted molar refractivity (Wildman–Crippen MR) is 173 cm³/mol. The third-order valence-corrected chi connectivity index (χ3v) is 7.36. The molecule has 4 amide bonds. The second-order valence-electron chi connectivity index (χ2n) is 11.3. The number of hydrogen-bond donors (Lipinski definition) is 5. The second-order valence-corrected chi connectivity index (χ2v) is 11.3. The van der Waals surface area contributed by atoms with Crippen molar-refractivity contribution in [2.75, 3.05) is 13.1 Å². The zero-order chi connectivity index (χ0) is 32.1. The fraction of sp³-hybridized carbons (Fsp3) is 0.371. The van der Waals surface area contributed by atoms with Crippen LogP contribution < -0.4 is 26.6 Å². The van der Waals surface area contributed by atoms with Crippen LogP contribution in [0.4, 0.5) is 0 Å². The Hall–Kier alpha value is -4.50. The van der Waals surface area contributed by atoms with Gasteiger partial charge in [0.05, 0.1) is 12.1 Å². The largest absolute Gasteiger partial charge is 0.355 e. The summed E-state index contributed by atoms with van der Waals surface area (Å²) in [7, 11) is 0. The van der Waals surface area contributed by atoms with Crippen molar-refractivity contribution >= 4 is 23.6 Å². The molecule has 5 N–H and O–H groups in total. The highest BCUT2D eigenvalue weighted by Gasteiger charge is 2.26. The second kappa shape index (κ2) is 17.0. The van der Waals surface area contributed by atoms with Crippen molar-refractivity contribution in [1.29, 1.82) is 0 Å². The molecule has 4 atom stereocenters. The van der Waals surface area contributed by atoms with Gasteiger partial charge in [-0.2, -0.15) is 0 Å². The molecule has 3 aromatic carbocycles. The van der Waals surface area contributed by atoms with Gasteiger partial charge in [-0.15, -0.1) is 0 Å². The standard InChI is InChI=1S/C35H45N5O4/c1-6-36-35(44)31(23(2)3)40-32(41)25(5)37-22-30(20-26-14-9-7-10-15-26)39-34(43)29-19-13-18-28(21-29)33(42)38-24(4)27-16-11-8-12-17-27/h7-19,21,23-25,30-31,37H,6,20,22H2,1-5H3,(H,36,44)(H,38,42)(H,39,43)(H,40,41)/t24-,25+,30+,31+/m1/s1. The normalized spacial score (nSPS) is 13.7. The maximum Gasteiger partial charge on any atom is 0.251 e. The molecule has 44 heavy (non-hydrogen) atoms. The lowest BCUT2D eigenvalue weighted by molar-refractivity contribution is -0.130. The van der Waals surface area contributed by atoms with Crippen LogP contribution in [-0.4, -0.2) is 54.8 Å². The Morgan fingerprint density at radius 3 is 1.86 bits per heavy atom. The minimum Gasteiger partial charge on any atom is -0.355 e. The van der Waals surface area contributed by atoms with Crippen molar-refractivity contribution in [1.82, 2.24) is 26.6 Å². The van der Waals surface area contributed by atoms with Gasteiger partial charge in [0.15, 0.2) is 0 Å². The molecule has 3 rings (SSSR count). The molecule has 0 heterocycles. The first-order chi connectivity index (χ1) is 21.1. The van der Waals surface area contributed by atoms with Crippen LogP contribution in [0.3, 0.4) is 0 Å². The van der Waals surface area contributed by atoms with Gasteiger partial charge >= 0.3 is 0 Å². The minimum absolute atomic E-state index is 0.0813. The van der Waals surface area contributed by atoms with Crippen molar-refractivity contribution in [3.63, 3.8) is 0 Å². The molecule has 234 valence electrons. The van der Waals surface area contributed by atoms with Crippen LogP contribution in [-0.2, 0) is 16.0 Å². The number of carbonyl (C=O) groups is 4. The lowest BCUT2D eigenvalue weighted by atomic mass is 10.0. The smallest absolute Gasteiger partial charge is 0.251 e. The minimum atomic E-state index is -0.647. The van der Waals surface area contributed by atoms with Crippen LogP contribution in [0.15, 0.2) is 84.9 Å². The van der Waals surface area contributed by atoms with Crippen molar-refractivity contribution in [3.8, 4) is 0 Å². The monoisotopic (exact) mass is 599 g/mol. The molecular weight excluding hydrogens is 554 g/mol.